The molecule has 1 fully saturated rings. The SMILES string of the molecule is COC(=O)/C=C(\C)CC[C@@]1(C)[C@H](C)C[C@H](OC(=O)[C@@]2(C)N=NC[C@@H]2C)[C@@]2(C)C(C)=CCC[C@H]12. The van der Waals surface area contributed by atoms with Gasteiger partial charge in [-0.3, -0.25) is 0 Å². The quantitative estimate of drug-likeness (QED) is 0.275. The fourth-order valence-corrected chi connectivity index (χ4v) is 6.40. The molecular formula is C27H42N2O4. The molecule has 1 saturated carbocycles. The van der Waals surface area contributed by atoms with Crippen LogP contribution in [0.3, 0.4) is 0 Å². The minimum absolute atomic E-state index is 0.0486. The minimum Gasteiger partial charge on any atom is -0.466 e. The summed E-state index contributed by atoms with van der Waals surface area (Å²) in [6, 6.07) is 0. The number of carbonyl (C=O) groups is 2. The fourth-order valence-electron chi connectivity index (χ4n) is 6.40. The first-order chi connectivity index (χ1) is 15.4. The van der Waals surface area contributed by atoms with Gasteiger partial charge in [-0.1, -0.05) is 44.9 Å². The third-order valence-electron chi connectivity index (χ3n) is 9.52. The average molecular weight is 459 g/mol. The molecule has 6 heteroatoms. The van der Waals surface area contributed by atoms with Gasteiger partial charge in [0.25, 0.3) is 0 Å². The van der Waals surface area contributed by atoms with Crippen molar-refractivity contribution in [2.45, 2.75) is 92.2 Å². The van der Waals surface area contributed by atoms with E-state index in [4.69, 9.17) is 9.47 Å². The fraction of sp³-hybridized carbons (Fsp3) is 0.778. The lowest BCUT2D eigenvalue weighted by Crippen LogP contribution is -2.58. The first kappa shape index (κ1) is 25.6. The molecule has 0 aromatic carbocycles. The number of fused-ring (bicyclic) bond motifs is 1. The highest BCUT2D eigenvalue weighted by atomic mass is 16.5. The zero-order valence-corrected chi connectivity index (χ0v) is 21.7. The zero-order valence-electron chi connectivity index (χ0n) is 21.7. The van der Waals surface area contributed by atoms with E-state index < -0.39 is 5.54 Å². The third-order valence-corrected chi connectivity index (χ3v) is 9.52. The van der Waals surface area contributed by atoms with Gasteiger partial charge in [0.05, 0.1) is 13.7 Å². The van der Waals surface area contributed by atoms with Crippen LogP contribution in [0.5, 0.6) is 0 Å². The summed E-state index contributed by atoms with van der Waals surface area (Å²) in [5, 5.41) is 8.40. The van der Waals surface area contributed by atoms with E-state index in [-0.39, 0.29) is 34.8 Å². The number of nitrogens with zero attached hydrogens (tertiary/aromatic N) is 2. The van der Waals surface area contributed by atoms with Crippen molar-refractivity contribution in [1.82, 2.24) is 0 Å². The first-order valence-corrected chi connectivity index (χ1v) is 12.4. The van der Waals surface area contributed by atoms with Crippen molar-refractivity contribution in [3.05, 3.63) is 23.3 Å². The van der Waals surface area contributed by atoms with Crippen molar-refractivity contribution in [1.29, 1.82) is 0 Å². The van der Waals surface area contributed by atoms with E-state index in [1.54, 1.807) is 6.08 Å². The number of esters is 2. The second kappa shape index (κ2) is 9.34. The van der Waals surface area contributed by atoms with Gasteiger partial charge in [-0.2, -0.15) is 10.2 Å². The van der Waals surface area contributed by atoms with Crippen LogP contribution in [0.25, 0.3) is 0 Å². The summed E-state index contributed by atoms with van der Waals surface area (Å²) in [5.41, 5.74) is 1.33. The molecular weight excluding hydrogens is 416 g/mol. The molecule has 184 valence electrons. The molecule has 0 aromatic rings. The van der Waals surface area contributed by atoms with Crippen molar-refractivity contribution >= 4 is 11.9 Å². The summed E-state index contributed by atoms with van der Waals surface area (Å²) in [5.74, 6) is 0.271. The molecule has 7 atom stereocenters. The van der Waals surface area contributed by atoms with E-state index >= 15 is 0 Å². The molecule has 0 unspecified atom stereocenters. The van der Waals surface area contributed by atoms with Gasteiger partial charge in [0, 0.05) is 17.4 Å². The monoisotopic (exact) mass is 458 g/mol. The lowest BCUT2D eigenvalue weighted by atomic mass is 9.46. The molecule has 33 heavy (non-hydrogen) atoms. The number of methoxy groups -OCH3 is 1. The highest BCUT2D eigenvalue weighted by Crippen LogP contribution is 2.62. The third kappa shape index (κ3) is 4.42. The Labute approximate surface area is 199 Å². The van der Waals surface area contributed by atoms with Crippen LogP contribution in [0.15, 0.2) is 33.5 Å². The Hall–Kier alpha value is -1.98. The molecule has 0 radical (unpaired) electrons. The van der Waals surface area contributed by atoms with E-state index in [2.05, 4.69) is 44.0 Å². The molecule has 1 heterocycles. The largest absolute Gasteiger partial charge is 0.466 e. The first-order valence-electron chi connectivity index (χ1n) is 12.4. The standard InChI is InChI=1S/C27H42N2O4/c1-17(14-23(30)32-8)12-13-25(5)19(3)15-22(26(6)18(2)10-9-11-21(25)26)33-24(31)27(7)20(4)16-28-29-27/h10,14,19-22H,9,11-13,15-16H2,1-8H3/b17-14+/t19-,20+,21-,22+,25+,26+,27+/m1/s1. The molecule has 6 nitrogen and oxygen atoms in total. The van der Waals surface area contributed by atoms with Crippen LogP contribution in [-0.2, 0) is 19.1 Å². The number of rotatable bonds is 6. The Morgan fingerprint density at radius 3 is 2.52 bits per heavy atom. The second-order valence-corrected chi connectivity index (χ2v) is 11.3. The Bertz CT molecular complexity index is 877. The van der Waals surface area contributed by atoms with Gasteiger partial charge in [0.15, 0.2) is 5.54 Å². The van der Waals surface area contributed by atoms with Crippen molar-refractivity contribution in [3.63, 3.8) is 0 Å². The van der Waals surface area contributed by atoms with Crippen molar-refractivity contribution in [3.8, 4) is 0 Å². The van der Waals surface area contributed by atoms with Gasteiger partial charge in [0.2, 0.25) is 0 Å². The highest BCUT2D eigenvalue weighted by molar-refractivity contribution is 5.82. The number of azo groups is 1. The van der Waals surface area contributed by atoms with Crippen LogP contribution in [0.2, 0.25) is 0 Å². The molecule has 0 saturated heterocycles. The maximum atomic E-state index is 13.3. The summed E-state index contributed by atoms with van der Waals surface area (Å²) >= 11 is 0. The molecule has 0 spiro atoms. The van der Waals surface area contributed by atoms with Crippen LogP contribution >= 0.6 is 0 Å². The van der Waals surface area contributed by atoms with E-state index in [1.807, 2.05) is 20.8 Å². The maximum Gasteiger partial charge on any atom is 0.336 e. The molecule has 0 aromatic heterocycles. The predicted molar refractivity (Wildman–Crippen MR) is 129 cm³/mol. The van der Waals surface area contributed by atoms with Crippen LogP contribution in [0, 0.1) is 28.6 Å². The summed E-state index contributed by atoms with van der Waals surface area (Å²) in [6.45, 7) is 15.6. The number of ether oxygens (including phenoxy) is 2. The number of hydrogen-bond acceptors (Lipinski definition) is 6. The number of hydrogen-bond donors (Lipinski definition) is 0. The summed E-state index contributed by atoms with van der Waals surface area (Å²) in [6.07, 6.45) is 8.55. The van der Waals surface area contributed by atoms with Crippen LogP contribution in [-0.4, -0.2) is 37.2 Å². The van der Waals surface area contributed by atoms with Gasteiger partial charge >= 0.3 is 11.9 Å². The Morgan fingerprint density at radius 1 is 1.21 bits per heavy atom. The van der Waals surface area contributed by atoms with Crippen molar-refractivity contribution in [2.75, 3.05) is 13.7 Å². The zero-order chi connectivity index (χ0) is 24.6. The number of allylic oxidation sites excluding steroid dienone is 2. The Morgan fingerprint density at radius 2 is 1.91 bits per heavy atom. The van der Waals surface area contributed by atoms with Gasteiger partial charge in [-0.15, -0.1) is 0 Å². The van der Waals surface area contributed by atoms with E-state index in [9.17, 15) is 9.59 Å². The normalized spacial score (nSPS) is 40.7. The molecule has 0 bridgehead atoms. The van der Waals surface area contributed by atoms with E-state index in [0.29, 0.717) is 18.4 Å². The maximum absolute atomic E-state index is 13.3. The lowest BCUT2D eigenvalue weighted by molar-refractivity contribution is -0.182. The van der Waals surface area contributed by atoms with Gasteiger partial charge in [-0.25, -0.2) is 9.59 Å². The molecule has 0 N–H and O–H groups in total. The molecule has 1 aliphatic heterocycles. The summed E-state index contributed by atoms with van der Waals surface area (Å²) in [4.78, 5) is 25.0. The topological polar surface area (TPSA) is 77.3 Å². The Balaban J connectivity index is 1.88. The van der Waals surface area contributed by atoms with Crippen molar-refractivity contribution < 1.29 is 19.1 Å². The Kier molecular flexibility index (Phi) is 7.26. The van der Waals surface area contributed by atoms with E-state index in [0.717, 1.165) is 37.7 Å². The number of carbonyl (C=O) groups excluding carboxylic acids is 2. The van der Waals surface area contributed by atoms with E-state index in [1.165, 1.54) is 12.7 Å². The molecule has 3 rings (SSSR count). The minimum atomic E-state index is -0.891. The van der Waals surface area contributed by atoms with Crippen LogP contribution in [0.4, 0.5) is 0 Å². The van der Waals surface area contributed by atoms with Crippen molar-refractivity contribution in [2.24, 2.45) is 38.8 Å². The highest BCUT2D eigenvalue weighted by Gasteiger charge is 2.59. The smallest absolute Gasteiger partial charge is 0.336 e. The molecule has 3 aliphatic rings. The summed E-state index contributed by atoms with van der Waals surface area (Å²) < 4.78 is 11.1. The van der Waals surface area contributed by atoms with Crippen LogP contribution < -0.4 is 0 Å². The van der Waals surface area contributed by atoms with Crippen LogP contribution in [0.1, 0.15) is 80.6 Å². The summed E-state index contributed by atoms with van der Waals surface area (Å²) in [7, 11) is 1.41. The average Bonchev–Trinajstić information content (AvgIpc) is 3.11. The molecule has 2 aliphatic carbocycles. The molecule has 0 amide bonds. The predicted octanol–water partition coefficient (Wildman–Crippen LogP) is 6.07. The second-order valence-electron chi connectivity index (χ2n) is 11.3. The van der Waals surface area contributed by atoms with Gasteiger partial charge < -0.3 is 9.47 Å². The lowest BCUT2D eigenvalue weighted by Gasteiger charge is -2.60. The van der Waals surface area contributed by atoms with Gasteiger partial charge in [0.1, 0.15) is 6.10 Å². The van der Waals surface area contributed by atoms with Gasteiger partial charge in [-0.05, 0) is 70.1 Å².